The molecule has 1 heterocycles. The number of hydrogen-bond acceptors (Lipinski definition) is 1. The standard InChI is InChI=1S/C14H28FN/c1-2-3-4-5-6-7-8-14(15)13-9-11-16-12-10-13/h13-14,16H,2-12H2,1H3. The van der Waals surface area contributed by atoms with Crippen molar-refractivity contribution in [3.8, 4) is 0 Å². The topological polar surface area (TPSA) is 12.0 Å². The second-order valence-corrected chi connectivity index (χ2v) is 5.16. The average molecular weight is 229 g/mol. The number of piperidine rings is 1. The number of hydrogen-bond donors (Lipinski definition) is 1. The van der Waals surface area contributed by atoms with Crippen molar-refractivity contribution in [1.82, 2.24) is 5.32 Å². The Morgan fingerprint density at radius 2 is 1.69 bits per heavy atom. The molecule has 0 aromatic heterocycles. The maximum atomic E-state index is 13.8. The second kappa shape index (κ2) is 8.98. The van der Waals surface area contributed by atoms with E-state index in [9.17, 15) is 4.39 Å². The van der Waals surface area contributed by atoms with Crippen molar-refractivity contribution in [2.45, 2.75) is 70.9 Å². The van der Waals surface area contributed by atoms with Gasteiger partial charge < -0.3 is 5.32 Å². The molecule has 16 heavy (non-hydrogen) atoms. The van der Waals surface area contributed by atoms with Crippen molar-refractivity contribution in [2.24, 2.45) is 5.92 Å². The van der Waals surface area contributed by atoms with Crippen LogP contribution in [0.15, 0.2) is 0 Å². The molecule has 0 bridgehead atoms. The van der Waals surface area contributed by atoms with Gasteiger partial charge in [0.2, 0.25) is 0 Å². The van der Waals surface area contributed by atoms with Gasteiger partial charge in [-0.3, -0.25) is 0 Å². The Labute approximate surface area is 100 Å². The third kappa shape index (κ3) is 5.83. The van der Waals surface area contributed by atoms with E-state index in [1.807, 2.05) is 0 Å². The molecule has 1 unspecified atom stereocenters. The molecule has 2 heteroatoms. The Balaban J connectivity index is 1.94. The first-order valence-corrected chi connectivity index (χ1v) is 7.19. The van der Waals surface area contributed by atoms with Crippen LogP contribution in [0.2, 0.25) is 0 Å². The molecule has 96 valence electrons. The lowest BCUT2D eigenvalue weighted by Gasteiger charge is -2.25. The fourth-order valence-electron chi connectivity index (χ4n) is 2.56. The van der Waals surface area contributed by atoms with E-state index in [-0.39, 0.29) is 0 Å². The first-order valence-electron chi connectivity index (χ1n) is 7.19. The van der Waals surface area contributed by atoms with Crippen LogP contribution in [0.3, 0.4) is 0 Å². The highest BCUT2D eigenvalue weighted by Gasteiger charge is 2.22. The maximum Gasteiger partial charge on any atom is 0.103 e. The molecule has 0 aliphatic carbocycles. The summed E-state index contributed by atoms with van der Waals surface area (Å²) in [5, 5.41) is 3.29. The van der Waals surface area contributed by atoms with Crippen LogP contribution in [-0.2, 0) is 0 Å². The van der Waals surface area contributed by atoms with Gasteiger partial charge in [-0.1, -0.05) is 45.4 Å². The fraction of sp³-hybridized carbons (Fsp3) is 1.00. The lowest BCUT2D eigenvalue weighted by Crippen LogP contribution is -2.32. The molecular formula is C14H28FN. The Kier molecular flexibility index (Phi) is 7.83. The molecule has 0 amide bonds. The van der Waals surface area contributed by atoms with Gasteiger partial charge in [-0.2, -0.15) is 0 Å². The summed E-state index contributed by atoms with van der Waals surface area (Å²) in [4.78, 5) is 0. The smallest absolute Gasteiger partial charge is 0.103 e. The summed E-state index contributed by atoms with van der Waals surface area (Å²) in [5.74, 6) is 0.344. The van der Waals surface area contributed by atoms with Gasteiger partial charge in [0.05, 0.1) is 0 Å². The van der Waals surface area contributed by atoms with Crippen LogP contribution in [0.4, 0.5) is 4.39 Å². The van der Waals surface area contributed by atoms with Crippen molar-refractivity contribution in [3.05, 3.63) is 0 Å². The van der Waals surface area contributed by atoms with E-state index in [1.54, 1.807) is 0 Å². The zero-order valence-electron chi connectivity index (χ0n) is 10.8. The summed E-state index contributed by atoms with van der Waals surface area (Å²) in [6, 6.07) is 0. The Morgan fingerprint density at radius 1 is 1.06 bits per heavy atom. The summed E-state index contributed by atoms with van der Waals surface area (Å²) in [6.07, 6.45) is 9.93. The average Bonchev–Trinajstić information content (AvgIpc) is 2.34. The molecule has 0 radical (unpaired) electrons. The van der Waals surface area contributed by atoms with Gasteiger partial charge in [-0.05, 0) is 38.3 Å². The predicted molar refractivity (Wildman–Crippen MR) is 68.5 cm³/mol. The molecular weight excluding hydrogens is 201 g/mol. The van der Waals surface area contributed by atoms with Crippen molar-refractivity contribution >= 4 is 0 Å². The highest BCUT2D eigenvalue weighted by Crippen LogP contribution is 2.23. The van der Waals surface area contributed by atoms with Gasteiger partial charge in [0.25, 0.3) is 0 Å². The Morgan fingerprint density at radius 3 is 2.38 bits per heavy atom. The number of rotatable bonds is 8. The molecule has 1 fully saturated rings. The van der Waals surface area contributed by atoms with Crippen LogP contribution in [0.5, 0.6) is 0 Å². The highest BCUT2D eigenvalue weighted by atomic mass is 19.1. The number of nitrogens with one attached hydrogen (secondary N) is 1. The van der Waals surface area contributed by atoms with Gasteiger partial charge in [0.1, 0.15) is 6.17 Å². The summed E-state index contributed by atoms with van der Waals surface area (Å²) in [7, 11) is 0. The van der Waals surface area contributed by atoms with E-state index in [1.165, 1.54) is 32.1 Å². The molecule has 1 aliphatic rings. The number of alkyl halides is 1. The molecule has 0 spiro atoms. The molecule has 1 atom stereocenters. The van der Waals surface area contributed by atoms with Crippen molar-refractivity contribution in [2.75, 3.05) is 13.1 Å². The lowest BCUT2D eigenvalue weighted by atomic mass is 9.90. The van der Waals surface area contributed by atoms with E-state index in [0.717, 1.165) is 38.8 Å². The molecule has 0 aromatic carbocycles. The monoisotopic (exact) mass is 229 g/mol. The van der Waals surface area contributed by atoms with E-state index in [0.29, 0.717) is 5.92 Å². The zero-order chi connectivity index (χ0) is 11.6. The second-order valence-electron chi connectivity index (χ2n) is 5.16. The summed E-state index contributed by atoms with van der Waals surface area (Å²) < 4.78 is 13.8. The zero-order valence-corrected chi connectivity index (χ0v) is 10.8. The van der Waals surface area contributed by atoms with Crippen LogP contribution in [0.1, 0.15) is 64.7 Å². The van der Waals surface area contributed by atoms with E-state index < -0.39 is 6.17 Å². The molecule has 1 aliphatic heterocycles. The van der Waals surface area contributed by atoms with Gasteiger partial charge in [-0.25, -0.2) is 4.39 Å². The van der Waals surface area contributed by atoms with Crippen molar-refractivity contribution in [1.29, 1.82) is 0 Å². The number of unbranched alkanes of at least 4 members (excludes halogenated alkanes) is 5. The molecule has 0 aromatic rings. The van der Waals surface area contributed by atoms with Crippen LogP contribution in [0, 0.1) is 5.92 Å². The van der Waals surface area contributed by atoms with Crippen molar-refractivity contribution < 1.29 is 4.39 Å². The van der Waals surface area contributed by atoms with Gasteiger partial charge in [-0.15, -0.1) is 0 Å². The largest absolute Gasteiger partial charge is 0.317 e. The Bertz CT molecular complexity index is 155. The summed E-state index contributed by atoms with van der Waals surface area (Å²) in [5.41, 5.74) is 0. The van der Waals surface area contributed by atoms with Crippen LogP contribution >= 0.6 is 0 Å². The molecule has 1 rings (SSSR count). The normalized spacial score (nSPS) is 19.9. The van der Waals surface area contributed by atoms with Gasteiger partial charge in [0, 0.05) is 0 Å². The minimum absolute atomic E-state index is 0.344. The summed E-state index contributed by atoms with van der Waals surface area (Å²) in [6.45, 7) is 4.26. The third-order valence-electron chi connectivity index (χ3n) is 3.73. The first-order chi connectivity index (χ1) is 7.84. The van der Waals surface area contributed by atoms with E-state index in [2.05, 4.69) is 12.2 Å². The van der Waals surface area contributed by atoms with Gasteiger partial charge >= 0.3 is 0 Å². The quantitative estimate of drug-likeness (QED) is 0.619. The number of halogens is 1. The third-order valence-corrected chi connectivity index (χ3v) is 3.73. The molecule has 1 nitrogen and oxygen atoms in total. The minimum Gasteiger partial charge on any atom is -0.317 e. The Hall–Kier alpha value is -0.110. The van der Waals surface area contributed by atoms with Crippen molar-refractivity contribution in [3.63, 3.8) is 0 Å². The van der Waals surface area contributed by atoms with Crippen LogP contribution < -0.4 is 5.32 Å². The lowest BCUT2D eigenvalue weighted by molar-refractivity contribution is 0.173. The van der Waals surface area contributed by atoms with E-state index >= 15 is 0 Å². The highest BCUT2D eigenvalue weighted by molar-refractivity contribution is 4.75. The first kappa shape index (κ1) is 14.0. The minimum atomic E-state index is -0.534. The van der Waals surface area contributed by atoms with Crippen LogP contribution in [-0.4, -0.2) is 19.3 Å². The molecule has 1 saturated heterocycles. The summed E-state index contributed by atoms with van der Waals surface area (Å²) >= 11 is 0. The molecule has 0 saturated carbocycles. The SMILES string of the molecule is CCCCCCCCC(F)C1CCNCC1. The predicted octanol–water partition coefficient (Wildman–Crippen LogP) is 4.07. The maximum absolute atomic E-state index is 13.8. The fourth-order valence-corrected chi connectivity index (χ4v) is 2.56. The van der Waals surface area contributed by atoms with E-state index in [4.69, 9.17) is 0 Å². The van der Waals surface area contributed by atoms with Crippen LogP contribution in [0.25, 0.3) is 0 Å². The van der Waals surface area contributed by atoms with Gasteiger partial charge in [0.15, 0.2) is 0 Å². The molecule has 1 N–H and O–H groups in total.